The predicted octanol–water partition coefficient (Wildman–Crippen LogP) is 4.54. The lowest BCUT2D eigenvalue weighted by molar-refractivity contribution is 0.535. The zero-order chi connectivity index (χ0) is 15.7. The van der Waals surface area contributed by atoms with Crippen LogP contribution in [-0.4, -0.2) is 24.6 Å². The van der Waals surface area contributed by atoms with Crippen LogP contribution < -0.4 is 10.2 Å². The Morgan fingerprint density at radius 3 is 2.29 bits per heavy atom. The third kappa shape index (κ3) is 7.82. The molecule has 1 rings (SSSR count). The molecule has 0 aliphatic heterocycles. The molecule has 1 aromatic heterocycles. The lowest BCUT2D eigenvalue weighted by Crippen LogP contribution is -2.27. The number of rotatable bonds is 11. The molecule has 1 aromatic rings. The molecule has 0 atom stereocenters. The fraction of sp³-hybridized carbons (Fsp3) is 0.824. The van der Waals surface area contributed by atoms with Crippen LogP contribution in [0.1, 0.15) is 58.8 Å². The average Bonchev–Trinajstić information content (AvgIpc) is 2.87. The Hall–Kier alpha value is -0.610. The molecule has 0 aliphatic carbocycles. The van der Waals surface area contributed by atoms with Gasteiger partial charge in [-0.1, -0.05) is 34.6 Å². The Kier molecular flexibility index (Phi) is 8.93. The minimum atomic E-state index is 0.747. The van der Waals surface area contributed by atoms with E-state index in [2.05, 4.69) is 49.8 Å². The van der Waals surface area contributed by atoms with E-state index >= 15 is 0 Å². The van der Waals surface area contributed by atoms with Crippen LogP contribution in [0.4, 0.5) is 5.13 Å². The van der Waals surface area contributed by atoms with Gasteiger partial charge in [-0.3, -0.25) is 0 Å². The SMILES string of the molecule is CCCNCc1cnc(N(CCC(C)C)CCC(C)C)s1. The molecule has 0 saturated heterocycles. The van der Waals surface area contributed by atoms with E-state index in [1.54, 1.807) is 0 Å². The normalized spacial score (nSPS) is 11.6. The summed E-state index contributed by atoms with van der Waals surface area (Å²) in [5.74, 6) is 1.49. The van der Waals surface area contributed by atoms with Crippen LogP contribution in [0.5, 0.6) is 0 Å². The van der Waals surface area contributed by atoms with Gasteiger partial charge in [0.15, 0.2) is 5.13 Å². The third-order valence-corrected chi connectivity index (χ3v) is 4.55. The molecule has 4 heteroatoms. The van der Waals surface area contributed by atoms with E-state index < -0.39 is 0 Å². The van der Waals surface area contributed by atoms with Gasteiger partial charge in [-0.2, -0.15) is 0 Å². The molecule has 0 aliphatic rings. The largest absolute Gasteiger partial charge is 0.348 e. The summed E-state index contributed by atoms with van der Waals surface area (Å²) in [6, 6.07) is 0. The molecule has 122 valence electrons. The fourth-order valence-electron chi connectivity index (χ4n) is 2.04. The van der Waals surface area contributed by atoms with Gasteiger partial charge >= 0.3 is 0 Å². The standard InChI is InChI=1S/C17H33N3S/c1-6-9-18-12-16-13-19-17(21-16)20(10-7-14(2)3)11-8-15(4)5/h13-15,18H,6-12H2,1-5H3. The molecule has 0 fully saturated rings. The average molecular weight is 312 g/mol. The summed E-state index contributed by atoms with van der Waals surface area (Å²) in [5, 5.41) is 4.65. The monoisotopic (exact) mass is 311 g/mol. The van der Waals surface area contributed by atoms with Gasteiger partial charge in [-0.05, 0) is 37.6 Å². The van der Waals surface area contributed by atoms with Gasteiger partial charge in [0.2, 0.25) is 0 Å². The summed E-state index contributed by atoms with van der Waals surface area (Å²) in [7, 11) is 0. The van der Waals surface area contributed by atoms with E-state index in [-0.39, 0.29) is 0 Å². The summed E-state index contributed by atoms with van der Waals surface area (Å²) < 4.78 is 0. The first-order valence-electron chi connectivity index (χ1n) is 8.43. The number of nitrogens with zero attached hydrogens (tertiary/aromatic N) is 2. The van der Waals surface area contributed by atoms with Crippen LogP contribution in [0.15, 0.2) is 6.20 Å². The molecule has 1 N–H and O–H groups in total. The van der Waals surface area contributed by atoms with Crippen LogP contribution in [-0.2, 0) is 6.54 Å². The molecule has 0 amide bonds. The van der Waals surface area contributed by atoms with E-state index in [0.29, 0.717) is 0 Å². The maximum atomic E-state index is 4.66. The highest BCUT2D eigenvalue weighted by molar-refractivity contribution is 7.15. The number of hydrogen-bond donors (Lipinski definition) is 1. The Morgan fingerprint density at radius 1 is 1.14 bits per heavy atom. The Morgan fingerprint density at radius 2 is 1.76 bits per heavy atom. The van der Waals surface area contributed by atoms with Crippen molar-refractivity contribution in [3.63, 3.8) is 0 Å². The number of hydrogen-bond acceptors (Lipinski definition) is 4. The van der Waals surface area contributed by atoms with E-state index in [1.807, 2.05) is 17.5 Å². The second-order valence-corrected chi connectivity index (χ2v) is 7.73. The predicted molar refractivity (Wildman–Crippen MR) is 95.2 cm³/mol. The zero-order valence-electron chi connectivity index (χ0n) is 14.5. The smallest absolute Gasteiger partial charge is 0.185 e. The van der Waals surface area contributed by atoms with E-state index in [4.69, 9.17) is 0 Å². The number of aromatic nitrogens is 1. The van der Waals surface area contributed by atoms with Crippen LogP contribution in [0.25, 0.3) is 0 Å². The summed E-state index contributed by atoms with van der Waals surface area (Å²) in [6.45, 7) is 15.7. The Labute approximate surface area is 135 Å². The first-order valence-corrected chi connectivity index (χ1v) is 9.24. The zero-order valence-corrected chi connectivity index (χ0v) is 15.3. The molecule has 0 spiro atoms. The van der Waals surface area contributed by atoms with E-state index in [1.165, 1.54) is 29.3 Å². The minimum Gasteiger partial charge on any atom is -0.348 e. The van der Waals surface area contributed by atoms with Crippen molar-refractivity contribution in [1.82, 2.24) is 10.3 Å². The van der Waals surface area contributed by atoms with Crippen molar-refractivity contribution in [2.75, 3.05) is 24.5 Å². The van der Waals surface area contributed by atoms with Gasteiger partial charge in [-0.25, -0.2) is 4.98 Å². The van der Waals surface area contributed by atoms with E-state index in [9.17, 15) is 0 Å². The van der Waals surface area contributed by atoms with Gasteiger partial charge in [0.05, 0.1) is 0 Å². The summed E-state index contributed by atoms with van der Waals surface area (Å²) >= 11 is 1.85. The van der Waals surface area contributed by atoms with Gasteiger partial charge in [0.1, 0.15) is 0 Å². The molecule has 0 radical (unpaired) electrons. The van der Waals surface area contributed by atoms with Crippen molar-refractivity contribution in [3.05, 3.63) is 11.1 Å². The summed E-state index contributed by atoms with van der Waals surface area (Å²) in [6.07, 6.45) is 5.70. The summed E-state index contributed by atoms with van der Waals surface area (Å²) in [4.78, 5) is 8.48. The second kappa shape index (κ2) is 10.2. The number of anilines is 1. The third-order valence-electron chi connectivity index (χ3n) is 3.49. The van der Waals surface area contributed by atoms with Gasteiger partial charge < -0.3 is 10.2 Å². The van der Waals surface area contributed by atoms with Crippen molar-refractivity contribution in [2.24, 2.45) is 11.8 Å². The highest BCUT2D eigenvalue weighted by Crippen LogP contribution is 2.24. The Balaban J connectivity index is 2.58. The van der Waals surface area contributed by atoms with Crippen LogP contribution in [0.2, 0.25) is 0 Å². The van der Waals surface area contributed by atoms with Crippen molar-refractivity contribution in [3.8, 4) is 0 Å². The first kappa shape index (κ1) is 18.4. The lowest BCUT2D eigenvalue weighted by Gasteiger charge is -2.23. The van der Waals surface area contributed by atoms with Gasteiger partial charge in [0.25, 0.3) is 0 Å². The quantitative estimate of drug-likeness (QED) is 0.608. The molecule has 3 nitrogen and oxygen atoms in total. The van der Waals surface area contributed by atoms with Crippen LogP contribution in [0.3, 0.4) is 0 Å². The molecule has 0 bridgehead atoms. The van der Waals surface area contributed by atoms with E-state index in [0.717, 1.165) is 38.0 Å². The maximum Gasteiger partial charge on any atom is 0.185 e. The molecular formula is C17H33N3S. The topological polar surface area (TPSA) is 28.2 Å². The highest BCUT2D eigenvalue weighted by Gasteiger charge is 2.12. The summed E-state index contributed by atoms with van der Waals surface area (Å²) in [5.41, 5.74) is 0. The lowest BCUT2D eigenvalue weighted by atomic mass is 10.1. The van der Waals surface area contributed by atoms with Crippen LogP contribution >= 0.6 is 11.3 Å². The highest BCUT2D eigenvalue weighted by atomic mass is 32.1. The maximum absolute atomic E-state index is 4.66. The van der Waals surface area contributed by atoms with Gasteiger partial charge in [-0.15, -0.1) is 11.3 Å². The molecule has 21 heavy (non-hydrogen) atoms. The minimum absolute atomic E-state index is 0.747. The van der Waals surface area contributed by atoms with Crippen molar-refractivity contribution >= 4 is 16.5 Å². The second-order valence-electron chi connectivity index (χ2n) is 6.64. The fourth-order valence-corrected chi connectivity index (χ4v) is 2.98. The van der Waals surface area contributed by atoms with Crippen molar-refractivity contribution in [1.29, 1.82) is 0 Å². The van der Waals surface area contributed by atoms with Crippen molar-refractivity contribution < 1.29 is 0 Å². The first-order chi connectivity index (χ1) is 10.0. The van der Waals surface area contributed by atoms with Crippen LogP contribution in [0, 0.1) is 11.8 Å². The van der Waals surface area contributed by atoms with Crippen molar-refractivity contribution in [2.45, 2.75) is 60.4 Å². The number of nitrogens with one attached hydrogen (secondary N) is 1. The molecular weight excluding hydrogens is 278 g/mol. The molecule has 0 unspecified atom stereocenters. The van der Waals surface area contributed by atoms with Gasteiger partial charge in [0, 0.05) is 30.7 Å². The Bertz CT molecular complexity index is 362. The molecule has 1 heterocycles. The molecule has 0 aromatic carbocycles. The number of thiazole rings is 1. The molecule has 0 saturated carbocycles.